The van der Waals surface area contributed by atoms with Crippen molar-refractivity contribution >= 4 is 0 Å². The van der Waals surface area contributed by atoms with Crippen molar-refractivity contribution in [2.24, 2.45) is 0 Å². The summed E-state index contributed by atoms with van der Waals surface area (Å²) in [5.41, 5.74) is -0.427. The van der Waals surface area contributed by atoms with Gasteiger partial charge in [0.15, 0.2) is 5.76 Å². The molecule has 160 valence electrons. The van der Waals surface area contributed by atoms with Gasteiger partial charge in [0.05, 0.1) is 12.6 Å². The van der Waals surface area contributed by atoms with Crippen molar-refractivity contribution in [3.63, 3.8) is 0 Å². The van der Waals surface area contributed by atoms with Gasteiger partial charge in [-0.1, -0.05) is 41.6 Å². The molecule has 4 aromatic rings. The summed E-state index contributed by atoms with van der Waals surface area (Å²) in [5, 5.41) is 19.4. The SMILES string of the molecule is C[C@@H](OCc1cc(-c2ccccc2)no1)[C@](O)(Cn1cncn1)c1ccc(F)cc1F. The molecule has 0 fully saturated rings. The van der Waals surface area contributed by atoms with Crippen molar-refractivity contribution in [1.29, 1.82) is 0 Å². The smallest absolute Gasteiger partial charge is 0.163 e. The van der Waals surface area contributed by atoms with E-state index in [4.69, 9.17) is 9.26 Å². The molecule has 0 bridgehead atoms. The first-order chi connectivity index (χ1) is 15.0. The van der Waals surface area contributed by atoms with Crippen molar-refractivity contribution in [2.45, 2.75) is 31.8 Å². The number of rotatable bonds is 8. The molecule has 0 unspecified atom stereocenters. The van der Waals surface area contributed by atoms with Crippen LogP contribution in [0.1, 0.15) is 18.2 Å². The second kappa shape index (κ2) is 8.75. The van der Waals surface area contributed by atoms with Gasteiger partial charge >= 0.3 is 0 Å². The first kappa shape index (κ1) is 20.8. The highest BCUT2D eigenvalue weighted by atomic mass is 19.1. The largest absolute Gasteiger partial charge is 0.380 e. The van der Waals surface area contributed by atoms with Crippen LogP contribution in [0.5, 0.6) is 0 Å². The highest BCUT2D eigenvalue weighted by Gasteiger charge is 2.40. The fourth-order valence-electron chi connectivity index (χ4n) is 3.31. The molecule has 2 heterocycles. The second-order valence-corrected chi connectivity index (χ2v) is 7.14. The van der Waals surface area contributed by atoms with Gasteiger partial charge in [0.2, 0.25) is 0 Å². The normalized spacial score (nSPS) is 14.3. The zero-order valence-electron chi connectivity index (χ0n) is 16.7. The van der Waals surface area contributed by atoms with E-state index in [1.165, 1.54) is 23.4 Å². The lowest BCUT2D eigenvalue weighted by Gasteiger charge is -2.34. The van der Waals surface area contributed by atoms with E-state index in [0.29, 0.717) is 11.5 Å². The van der Waals surface area contributed by atoms with Crippen LogP contribution in [-0.4, -0.2) is 31.1 Å². The lowest BCUT2D eigenvalue weighted by Crippen LogP contribution is -2.44. The van der Waals surface area contributed by atoms with E-state index < -0.39 is 23.3 Å². The molecular formula is C22H20F2N4O3. The Labute approximate surface area is 176 Å². The Kier molecular flexibility index (Phi) is 5.88. The Morgan fingerprint density at radius 1 is 1.16 bits per heavy atom. The van der Waals surface area contributed by atoms with E-state index in [0.717, 1.165) is 17.7 Å². The van der Waals surface area contributed by atoms with Crippen molar-refractivity contribution in [2.75, 3.05) is 0 Å². The summed E-state index contributed by atoms with van der Waals surface area (Å²) in [6, 6.07) is 14.2. The maximum atomic E-state index is 14.6. The van der Waals surface area contributed by atoms with Gasteiger partial charge in [-0.2, -0.15) is 5.10 Å². The van der Waals surface area contributed by atoms with E-state index in [-0.39, 0.29) is 18.7 Å². The molecule has 0 spiro atoms. The molecule has 0 saturated carbocycles. The first-order valence-corrected chi connectivity index (χ1v) is 9.58. The highest BCUT2D eigenvalue weighted by molar-refractivity contribution is 5.58. The van der Waals surface area contributed by atoms with Crippen molar-refractivity contribution in [1.82, 2.24) is 19.9 Å². The van der Waals surface area contributed by atoms with E-state index in [9.17, 15) is 13.9 Å². The molecule has 31 heavy (non-hydrogen) atoms. The summed E-state index contributed by atoms with van der Waals surface area (Å²) in [7, 11) is 0. The minimum Gasteiger partial charge on any atom is -0.380 e. The van der Waals surface area contributed by atoms with E-state index in [1.54, 1.807) is 13.0 Å². The molecule has 1 N–H and O–H groups in total. The molecule has 7 nitrogen and oxygen atoms in total. The minimum absolute atomic E-state index is 0.0104. The predicted molar refractivity (Wildman–Crippen MR) is 106 cm³/mol. The van der Waals surface area contributed by atoms with Gasteiger partial charge in [0, 0.05) is 23.3 Å². The van der Waals surface area contributed by atoms with Gasteiger partial charge in [0.1, 0.15) is 42.2 Å². The summed E-state index contributed by atoms with van der Waals surface area (Å²) < 4.78 is 40.5. The Morgan fingerprint density at radius 2 is 1.97 bits per heavy atom. The Hall–Kier alpha value is -3.43. The number of ether oxygens (including phenoxy) is 1. The number of benzene rings is 2. The Balaban J connectivity index is 1.55. The maximum absolute atomic E-state index is 14.6. The fourth-order valence-corrected chi connectivity index (χ4v) is 3.31. The molecule has 0 aliphatic rings. The van der Waals surface area contributed by atoms with E-state index in [1.807, 2.05) is 30.3 Å². The van der Waals surface area contributed by atoms with Gasteiger partial charge in [-0.15, -0.1) is 0 Å². The fraction of sp³-hybridized carbons (Fsp3) is 0.227. The number of hydrogen-bond donors (Lipinski definition) is 1. The molecule has 0 aliphatic heterocycles. The predicted octanol–water partition coefficient (Wildman–Crippen LogP) is 3.70. The van der Waals surface area contributed by atoms with Crippen LogP contribution in [0.2, 0.25) is 0 Å². The number of nitrogens with zero attached hydrogens (tertiary/aromatic N) is 4. The third-order valence-corrected chi connectivity index (χ3v) is 5.04. The average Bonchev–Trinajstić information content (AvgIpc) is 3.44. The number of hydrogen-bond acceptors (Lipinski definition) is 6. The molecular weight excluding hydrogens is 406 g/mol. The lowest BCUT2D eigenvalue weighted by atomic mass is 9.88. The van der Waals surface area contributed by atoms with Crippen LogP contribution in [0.4, 0.5) is 8.78 Å². The molecule has 4 rings (SSSR count). The molecule has 9 heteroatoms. The van der Waals surface area contributed by atoms with E-state index >= 15 is 0 Å². The van der Waals surface area contributed by atoms with Gasteiger partial charge in [-0.25, -0.2) is 18.4 Å². The molecule has 0 aliphatic carbocycles. The van der Waals surface area contributed by atoms with Gasteiger partial charge in [-0.05, 0) is 13.0 Å². The lowest BCUT2D eigenvalue weighted by molar-refractivity contribution is -0.126. The van der Waals surface area contributed by atoms with Crippen LogP contribution in [0, 0.1) is 11.6 Å². The van der Waals surface area contributed by atoms with Gasteiger partial charge < -0.3 is 14.4 Å². The minimum atomic E-state index is -1.85. The van der Waals surface area contributed by atoms with Crippen LogP contribution in [-0.2, 0) is 23.5 Å². The first-order valence-electron chi connectivity index (χ1n) is 9.58. The third kappa shape index (κ3) is 4.52. The highest BCUT2D eigenvalue weighted by Crippen LogP contribution is 2.32. The van der Waals surface area contributed by atoms with Crippen LogP contribution < -0.4 is 0 Å². The van der Waals surface area contributed by atoms with Crippen LogP contribution in [0.25, 0.3) is 11.3 Å². The van der Waals surface area contributed by atoms with E-state index in [2.05, 4.69) is 15.2 Å². The zero-order valence-corrected chi connectivity index (χ0v) is 16.7. The molecule has 2 atom stereocenters. The zero-order chi connectivity index (χ0) is 21.8. The number of aliphatic hydroxyl groups is 1. The number of halogens is 2. The molecule has 0 saturated heterocycles. The third-order valence-electron chi connectivity index (χ3n) is 5.04. The van der Waals surface area contributed by atoms with Crippen LogP contribution >= 0.6 is 0 Å². The average molecular weight is 426 g/mol. The van der Waals surface area contributed by atoms with Crippen LogP contribution in [0.15, 0.2) is 71.8 Å². The maximum Gasteiger partial charge on any atom is 0.163 e. The van der Waals surface area contributed by atoms with Crippen molar-refractivity contribution in [3.05, 3.63) is 90.2 Å². The topological polar surface area (TPSA) is 86.2 Å². The molecule has 0 amide bonds. The Bertz CT molecular complexity index is 1130. The van der Waals surface area contributed by atoms with Gasteiger partial charge in [-0.3, -0.25) is 0 Å². The molecule has 0 radical (unpaired) electrons. The van der Waals surface area contributed by atoms with Crippen molar-refractivity contribution in [3.8, 4) is 11.3 Å². The van der Waals surface area contributed by atoms with Gasteiger partial charge in [0.25, 0.3) is 0 Å². The molecule has 2 aromatic heterocycles. The van der Waals surface area contributed by atoms with Crippen molar-refractivity contribution < 1.29 is 23.1 Å². The summed E-state index contributed by atoms with van der Waals surface area (Å²) in [6.45, 7) is 1.43. The monoisotopic (exact) mass is 426 g/mol. The Morgan fingerprint density at radius 3 is 2.68 bits per heavy atom. The quantitative estimate of drug-likeness (QED) is 0.462. The summed E-state index contributed by atoms with van der Waals surface area (Å²) in [4.78, 5) is 3.84. The summed E-state index contributed by atoms with van der Waals surface area (Å²) in [6.07, 6.45) is 1.77. The number of aromatic nitrogens is 4. The van der Waals surface area contributed by atoms with Crippen LogP contribution in [0.3, 0.4) is 0 Å². The standard InChI is InChI=1S/C22H20F2N4O3/c1-15(30-11-18-10-21(27-31-18)16-5-3-2-4-6-16)22(29,12-28-14-25-13-26-28)19-8-7-17(23)9-20(19)24/h2-10,13-15,29H,11-12H2,1H3/t15-,22-/m1/s1. The summed E-state index contributed by atoms with van der Waals surface area (Å²) in [5.74, 6) is -1.19. The summed E-state index contributed by atoms with van der Waals surface area (Å²) >= 11 is 0. The molecule has 2 aromatic carbocycles. The second-order valence-electron chi connectivity index (χ2n) is 7.14.